The van der Waals surface area contributed by atoms with Gasteiger partial charge in [-0.15, -0.1) is 11.3 Å². The Morgan fingerprint density at radius 1 is 1.13 bits per heavy atom. The lowest BCUT2D eigenvalue weighted by Crippen LogP contribution is -2.32. The zero-order valence-corrected chi connectivity index (χ0v) is 18.3. The van der Waals surface area contributed by atoms with E-state index in [1.165, 1.54) is 10.7 Å². The maximum Gasteiger partial charge on any atom is 0.266 e. The molecule has 158 valence electrons. The fourth-order valence-corrected chi connectivity index (χ4v) is 4.33. The van der Waals surface area contributed by atoms with Crippen LogP contribution in [0.1, 0.15) is 27.6 Å². The second-order valence-corrected chi connectivity index (χ2v) is 8.16. The molecule has 0 aliphatic carbocycles. The number of hydrogen-bond donors (Lipinski definition) is 1. The summed E-state index contributed by atoms with van der Waals surface area (Å²) in [5.41, 5.74) is 2.87. The van der Waals surface area contributed by atoms with Crippen LogP contribution in [0.15, 0.2) is 57.7 Å². The monoisotopic (exact) mass is 434 g/mol. The molecule has 8 heteroatoms. The smallest absolute Gasteiger partial charge is 0.266 e. The lowest BCUT2D eigenvalue weighted by atomic mass is 10.2. The first kappa shape index (κ1) is 20.7. The summed E-state index contributed by atoms with van der Waals surface area (Å²) in [4.78, 5) is 30.2. The number of thiazole rings is 1. The van der Waals surface area contributed by atoms with Gasteiger partial charge in [-0.3, -0.25) is 9.59 Å². The maximum atomic E-state index is 12.3. The molecule has 1 amide bonds. The van der Waals surface area contributed by atoms with E-state index in [2.05, 4.69) is 15.4 Å². The first-order valence-electron chi connectivity index (χ1n) is 9.89. The number of carbonyl (C=O) groups is 1. The van der Waals surface area contributed by atoms with Gasteiger partial charge in [0, 0.05) is 18.2 Å². The van der Waals surface area contributed by atoms with Gasteiger partial charge in [0.25, 0.3) is 11.5 Å². The highest BCUT2D eigenvalue weighted by Gasteiger charge is 2.15. The van der Waals surface area contributed by atoms with Crippen LogP contribution in [-0.2, 0) is 6.54 Å². The molecule has 4 aromatic rings. The average molecular weight is 435 g/mol. The van der Waals surface area contributed by atoms with Crippen LogP contribution in [0.4, 0.5) is 0 Å². The Balaban J connectivity index is 1.50. The minimum atomic E-state index is -0.232. The molecule has 0 unspecified atom stereocenters. The predicted octanol–water partition coefficient (Wildman–Crippen LogP) is 3.98. The van der Waals surface area contributed by atoms with Gasteiger partial charge >= 0.3 is 0 Å². The molecule has 4 rings (SSSR count). The number of nitrogens with zero attached hydrogens (tertiary/aromatic N) is 3. The van der Waals surface area contributed by atoms with Crippen LogP contribution in [0.3, 0.4) is 0 Å². The number of hydrogen-bond acceptors (Lipinski definition) is 6. The van der Waals surface area contributed by atoms with E-state index >= 15 is 0 Å². The first-order chi connectivity index (χ1) is 14.9. The Morgan fingerprint density at radius 2 is 1.90 bits per heavy atom. The molecule has 1 N–H and O–H groups in total. The van der Waals surface area contributed by atoms with Gasteiger partial charge in [-0.2, -0.15) is 5.10 Å². The van der Waals surface area contributed by atoms with E-state index in [4.69, 9.17) is 4.42 Å². The number of furan rings is 1. The molecular formula is C23H22N4O3S. The number of aromatic nitrogens is 3. The molecule has 0 radical (unpaired) electrons. The molecule has 0 saturated carbocycles. The number of aryl methyl sites for hydroxylation is 3. The number of nitrogens with one attached hydrogen (secondary N) is 1. The van der Waals surface area contributed by atoms with Crippen molar-refractivity contribution in [3.63, 3.8) is 0 Å². The Labute approximate surface area is 183 Å². The van der Waals surface area contributed by atoms with Gasteiger partial charge < -0.3 is 9.73 Å². The molecule has 1 aromatic carbocycles. The van der Waals surface area contributed by atoms with E-state index in [0.29, 0.717) is 22.8 Å². The van der Waals surface area contributed by atoms with E-state index in [-0.39, 0.29) is 24.6 Å². The first-order valence-corrected chi connectivity index (χ1v) is 10.7. The molecule has 3 aromatic heterocycles. The van der Waals surface area contributed by atoms with Gasteiger partial charge in [-0.05, 0) is 32.9 Å². The third-order valence-electron chi connectivity index (χ3n) is 4.81. The Bertz CT molecular complexity index is 1290. The Kier molecular flexibility index (Phi) is 5.81. The van der Waals surface area contributed by atoms with Crippen LogP contribution < -0.4 is 10.9 Å². The number of rotatable bonds is 6. The lowest BCUT2D eigenvalue weighted by molar-refractivity contribution is 0.0950. The molecule has 0 atom stereocenters. The van der Waals surface area contributed by atoms with Crippen molar-refractivity contribution in [2.75, 3.05) is 6.54 Å². The normalized spacial score (nSPS) is 10.9. The Hall–Kier alpha value is -3.52. The summed E-state index contributed by atoms with van der Waals surface area (Å²) in [7, 11) is 0. The van der Waals surface area contributed by atoms with Gasteiger partial charge in [0.1, 0.15) is 22.2 Å². The number of amides is 1. The highest BCUT2D eigenvalue weighted by molar-refractivity contribution is 7.18. The van der Waals surface area contributed by atoms with Gasteiger partial charge in [0.15, 0.2) is 0 Å². The van der Waals surface area contributed by atoms with Gasteiger partial charge in [0.05, 0.1) is 22.7 Å². The fourth-order valence-electron chi connectivity index (χ4n) is 3.30. The summed E-state index contributed by atoms with van der Waals surface area (Å²) in [6, 6.07) is 14.9. The van der Waals surface area contributed by atoms with Crippen molar-refractivity contribution in [2.45, 2.75) is 27.3 Å². The summed E-state index contributed by atoms with van der Waals surface area (Å²) in [6.07, 6.45) is 0. The topological polar surface area (TPSA) is 90.0 Å². The fraction of sp³-hybridized carbons (Fsp3) is 0.217. The van der Waals surface area contributed by atoms with E-state index < -0.39 is 0 Å². The highest BCUT2D eigenvalue weighted by atomic mass is 32.1. The molecule has 0 saturated heterocycles. The van der Waals surface area contributed by atoms with Gasteiger partial charge in [-0.1, -0.05) is 30.3 Å². The predicted molar refractivity (Wildman–Crippen MR) is 120 cm³/mol. The summed E-state index contributed by atoms with van der Waals surface area (Å²) in [6.45, 7) is 6.01. The average Bonchev–Trinajstić information content (AvgIpc) is 3.31. The second kappa shape index (κ2) is 8.69. The molecule has 0 bridgehead atoms. The largest absolute Gasteiger partial charge is 0.466 e. The van der Waals surface area contributed by atoms with Crippen LogP contribution in [0.5, 0.6) is 0 Å². The standard InChI is InChI=1S/C23H22N4O3S/c1-14-13-18(16(3)30-14)22(29)24-11-12-27-20(28)10-9-19(26-27)21-15(2)25-23(31-21)17-7-5-4-6-8-17/h4-10,13H,11-12H2,1-3H3,(H,24,29). The minimum Gasteiger partial charge on any atom is -0.466 e. The van der Waals surface area contributed by atoms with Crippen molar-refractivity contribution < 1.29 is 9.21 Å². The second-order valence-electron chi connectivity index (χ2n) is 7.16. The van der Waals surface area contributed by atoms with E-state index in [1.807, 2.05) is 37.3 Å². The van der Waals surface area contributed by atoms with Gasteiger partial charge in [-0.25, -0.2) is 9.67 Å². The van der Waals surface area contributed by atoms with Crippen molar-refractivity contribution in [2.24, 2.45) is 0 Å². The van der Waals surface area contributed by atoms with Crippen molar-refractivity contribution in [3.8, 4) is 21.1 Å². The molecule has 0 spiro atoms. The molecule has 31 heavy (non-hydrogen) atoms. The van der Waals surface area contributed by atoms with Crippen LogP contribution in [0.2, 0.25) is 0 Å². The number of carbonyl (C=O) groups excluding carboxylic acids is 1. The van der Waals surface area contributed by atoms with E-state index in [9.17, 15) is 9.59 Å². The van der Waals surface area contributed by atoms with Crippen molar-refractivity contribution in [3.05, 3.63) is 81.7 Å². The third kappa shape index (κ3) is 4.49. The van der Waals surface area contributed by atoms with E-state index in [0.717, 1.165) is 21.1 Å². The zero-order valence-electron chi connectivity index (χ0n) is 17.5. The quantitative estimate of drug-likeness (QED) is 0.496. The zero-order chi connectivity index (χ0) is 22.0. The lowest BCUT2D eigenvalue weighted by Gasteiger charge is -2.08. The molecule has 3 heterocycles. The number of benzene rings is 1. The molecule has 0 aliphatic heterocycles. The van der Waals surface area contributed by atoms with Crippen molar-refractivity contribution >= 4 is 17.2 Å². The SMILES string of the molecule is Cc1cc(C(=O)NCCn2nc(-c3sc(-c4ccccc4)nc3C)ccc2=O)c(C)o1. The molecule has 0 aliphatic rings. The maximum absolute atomic E-state index is 12.3. The third-order valence-corrected chi connectivity index (χ3v) is 6.04. The summed E-state index contributed by atoms with van der Waals surface area (Å²) in [5.74, 6) is 1.02. The van der Waals surface area contributed by atoms with Gasteiger partial charge in [0.2, 0.25) is 0 Å². The van der Waals surface area contributed by atoms with Crippen LogP contribution in [-0.4, -0.2) is 27.2 Å². The van der Waals surface area contributed by atoms with Crippen LogP contribution in [0.25, 0.3) is 21.1 Å². The summed E-state index contributed by atoms with van der Waals surface area (Å²) >= 11 is 1.54. The summed E-state index contributed by atoms with van der Waals surface area (Å²) < 4.78 is 6.76. The minimum absolute atomic E-state index is 0.223. The van der Waals surface area contributed by atoms with Crippen LogP contribution >= 0.6 is 11.3 Å². The highest BCUT2D eigenvalue weighted by Crippen LogP contribution is 2.33. The molecule has 7 nitrogen and oxygen atoms in total. The molecule has 0 fully saturated rings. The molecular weight excluding hydrogens is 412 g/mol. The van der Waals surface area contributed by atoms with Crippen molar-refractivity contribution in [1.82, 2.24) is 20.1 Å². The summed E-state index contributed by atoms with van der Waals surface area (Å²) in [5, 5.41) is 8.23. The Morgan fingerprint density at radius 3 is 2.61 bits per heavy atom. The van der Waals surface area contributed by atoms with Crippen molar-refractivity contribution in [1.29, 1.82) is 0 Å². The van der Waals surface area contributed by atoms with Crippen LogP contribution in [0, 0.1) is 20.8 Å². The van der Waals surface area contributed by atoms with E-state index in [1.54, 1.807) is 37.3 Å².